The monoisotopic (exact) mass is 465 g/mol. The Morgan fingerprint density at radius 3 is 2.59 bits per heavy atom. The van der Waals surface area contributed by atoms with Gasteiger partial charge in [-0.2, -0.15) is 0 Å². The molecule has 0 spiro atoms. The number of halogens is 2. The van der Waals surface area contributed by atoms with E-state index in [0.29, 0.717) is 12.0 Å². The quantitative estimate of drug-likeness (QED) is 0.366. The molecule has 7 heteroatoms. The first kappa shape index (κ1) is 23.8. The van der Waals surface area contributed by atoms with Crippen molar-refractivity contribution in [3.05, 3.63) is 99.0 Å². The van der Waals surface area contributed by atoms with E-state index in [0.717, 1.165) is 48.0 Å². The maximum absolute atomic E-state index is 14.4. The van der Waals surface area contributed by atoms with Crippen LogP contribution in [0.3, 0.4) is 0 Å². The zero-order valence-electron chi connectivity index (χ0n) is 19.7. The second kappa shape index (κ2) is 10.3. The second-order valence-corrected chi connectivity index (χ2v) is 8.71. The van der Waals surface area contributed by atoms with Gasteiger partial charge in [-0.05, 0) is 50.1 Å². The molecule has 0 bridgehead atoms. The highest BCUT2D eigenvalue weighted by molar-refractivity contribution is 5.78. The largest absolute Gasteiger partial charge is 0.392 e. The molecule has 2 aromatic carbocycles. The van der Waals surface area contributed by atoms with E-state index in [1.165, 1.54) is 18.2 Å². The molecule has 1 aromatic heterocycles. The molecule has 178 valence electrons. The summed E-state index contributed by atoms with van der Waals surface area (Å²) in [6.45, 7) is 7.47. The van der Waals surface area contributed by atoms with Gasteiger partial charge in [-0.1, -0.05) is 36.3 Å². The smallest absolute Gasteiger partial charge is 0.255 e. The van der Waals surface area contributed by atoms with Crippen molar-refractivity contribution < 1.29 is 13.6 Å². The average molecular weight is 466 g/mol. The number of oxime groups is 1. The SMILES string of the molecule is CCN1CCC(O/N=C\c2ccc(=O)n(-c3c(C)cccc3C)c2)CC1c1ccc(F)cc1F. The maximum Gasteiger partial charge on any atom is 0.255 e. The lowest BCUT2D eigenvalue weighted by Gasteiger charge is -2.38. The number of aryl methyl sites for hydroxylation is 2. The molecule has 0 amide bonds. The molecular weight excluding hydrogens is 436 g/mol. The summed E-state index contributed by atoms with van der Waals surface area (Å²) in [5, 5.41) is 4.18. The molecule has 0 aliphatic carbocycles. The summed E-state index contributed by atoms with van der Waals surface area (Å²) in [7, 11) is 0. The molecule has 1 fully saturated rings. The van der Waals surface area contributed by atoms with Gasteiger partial charge in [0.05, 0.1) is 11.9 Å². The van der Waals surface area contributed by atoms with E-state index in [1.807, 2.05) is 39.0 Å². The van der Waals surface area contributed by atoms with E-state index in [4.69, 9.17) is 4.84 Å². The number of nitrogens with zero attached hydrogens (tertiary/aromatic N) is 3. The lowest BCUT2D eigenvalue weighted by atomic mass is 9.93. The molecule has 5 nitrogen and oxygen atoms in total. The van der Waals surface area contributed by atoms with Crippen molar-refractivity contribution >= 4 is 6.21 Å². The van der Waals surface area contributed by atoms with Crippen LogP contribution in [0.4, 0.5) is 8.78 Å². The molecule has 1 aliphatic rings. The standard InChI is InChI=1S/C27H29F2N3O2/c1-4-31-13-12-22(15-25(31)23-10-9-21(28)14-24(23)29)34-30-16-20-8-11-26(33)32(17-20)27-18(2)6-5-7-19(27)3/h5-11,14,16-17,22,25H,4,12-13,15H2,1-3H3/b30-16-. The fraction of sp³-hybridized carbons (Fsp3) is 0.333. The van der Waals surface area contributed by atoms with Crippen molar-refractivity contribution in [1.29, 1.82) is 0 Å². The van der Waals surface area contributed by atoms with Gasteiger partial charge in [-0.25, -0.2) is 8.78 Å². The van der Waals surface area contributed by atoms with Crippen LogP contribution in [0.25, 0.3) is 5.69 Å². The second-order valence-electron chi connectivity index (χ2n) is 8.71. The third-order valence-electron chi connectivity index (χ3n) is 6.42. The van der Waals surface area contributed by atoms with Gasteiger partial charge in [0.2, 0.25) is 0 Å². The molecule has 0 saturated carbocycles. The topological polar surface area (TPSA) is 46.8 Å². The van der Waals surface area contributed by atoms with Crippen LogP contribution in [-0.4, -0.2) is 34.9 Å². The molecule has 0 N–H and O–H groups in total. The van der Waals surface area contributed by atoms with Crippen LogP contribution < -0.4 is 5.56 Å². The van der Waals surface area contributed by atoms with Gasteiger partial charge >= 0.3 is 0 Å². The highest BCUT2D eigenvalue weighted by atomic mass is 19.1. The normalized spacial score (nSPS) is 19.0. The first-order chi connectivity index (χ1) is 16.4. The van der Waals surface area contributed by atoms with E-state index in [-0.39, 0.29) is 17.7 Å². The van der Waals surface area contributed by atoms with E-state index in [1.54, 1.807) is 23.0 Å². The summed E-state index contributed by atoms with van der Waals surface area (Å²) in [6.07, 6.45) is 4.45. The Bertz CT molecular complexity index is 1230. The lowest BCUT2D eigenvalue weighted by molar-refractivity contribution is -0.0126. The molecule has 2 atom stereocenters. The lowest BCUT2D eigenvalue weighted by Crippen LogP contribution is -2.39. The third-order valence-corrected chi connectivity index (χ3v) is 6.42. The zero-order chi connectivity index (χ0) is 24.2. The minimum absolute atomic E-state index is 0.119. The van der Waals surface area contributed by atoms with Gasteiger partial charge < -0.3 is 4.84 Å². The van der Waals surface area contributed by atoms with Crippen molar-refractivity contribution in [1.82, 2.24) is 9.47 Å². The Kier molecular flexibility index (Phi) is 7.22. The number of hydrogen-bond acceptors (Lipinski definition) is 4. The van der Waals surface area contributed by atoms with Gasteiger partial charge in [0.25, 0.3) is 5.56 Å². The summed E-state index contributed by atoms with van der Waals surface area (Å²) in [5.74, 6) is -1.12. The minimum Gasteiger partial charge on any atom is -0.392 e. The van der Waals surface area contributed by atoms with Crippen LogP contribution in [0.2, 0.25) is 0 Å². The van der Waals surface area contributed by atoms with Gasteiger partial charge in [0, 0.05) is 48.5 Å². The summed E-state index contributed by atoms with van der Waals surface area (Å²) in [4.78, 5) is 20.4. The van der Waals surface area contributed by atoms with Gasteiger partial charge in [-0.15, -0.1) is 0 Å². The number of hydrogen-bond donors (Lipinski definition) is 0. The van der Waals surface area contributed by atoms with Crippen molar-refractivity contribution in [2.24, 2.45) is 5.16 Å². The van der Waals surface area contributed by atoms with Crippen molar-refractivity contribution in [3.8, 4) is 5.69 Å². The molecule has 1 aliphatic heterocycles. The fourth-order valence-electron chi connectivity index (χ4n) is 4.67. The zero-order valence-corrected chi connectivity index (χ0v) is 19.7. The Labute approximate surface area is 198 Å². The summed E-state index contributed by atoms with van der Waals surface area (Å²) in [5.41, 5.74) is 3.96. The molecule has 34 heavy (non-hydrogen) atoms. The predicted octanol–water partition coefficient (Wildman–Crippen LogP) is 5.31. The van der Waals surface area contributed by atoms with Crippen molar-refractivity contribution in [2.75, 3.05) is 13.1 Å². The van der Waals surface area contributed by atoms with Crippen LogP contribution in [-0.2, 0) is 4.84 Å². The van der Waals surface area contributed by atoms with Crippen LogP contribution >= 0.6 is 0 Å². The molecule has 2 heterocycles. The summed E-state index contributed by atoms with van der Waals surface area (Å²) in [6, 6.07) is 12.7. The average Bonchev–Trinajstić information content (AvgIpc) is 2.81. The van der Waals surface area contributed by atoms with E-state index in [9.17, 15) is 13.6 Å². The van der Waals surface area contributed by atoms with Crippen molar-refractivity contribution in [2.45, 2.75) is 45.8 Å². The van der Waals surface area contributed by atoms with Crippen LogP contribution in [0.1, 0.15) is 48.1 Å². The van der Waals surface area contributed by atoms with Crippen LogP contribution in [0.15, 0.2) is 64.7 Å². The number of rotatable bonds is 6. The first-order valence-electron chi connectivity index (χ1n) is 11.5. The Morgan fingerprint density at radius 1 is 1.12 bits per heavy atom. The highest BCUT2D eigenvalue weighted by Crippen LogP contribution is 2.33. The number of likely N-dealkylation sites (tertiary alicyclic amines) is 1. The van der Waals surface area contributed by atoms with Crippen LogP contribution in [0.5, 0.6) is 0 Å². The van der Waals surface area contributed by atoms with Crippen LogP contribution in [0, 0.1) is 25.5 Å². The number of para-hydroxylation sites is 1. The van der Waals surface area contributed by atoms with E-state index >= 15 is 0 Å². The summed E-state index contributed by atoms with van der Waals surface area (Å²) < 4.78 is 29.5. The number of aromatic nitrogens is 1. The van der Waals surface area contributed by atoms with Crippen molar-refractivity contribution in [3.63, 3.8) is 0 Å². The van der Waals surface area contributed by atoms with Gasteiger partial charge in [0.15, 0.2) is 0 Å². The first-order valence-corrected chi connectivity index (χ1v) is 11.5. The molecular formula is C27H29F2N3O2. The highest BCUT2D eigenvalue weighted by Gasteiger charge is 2.31. The molecule has 0 radical (unpaired) electrons. The number of pyridine rings is 1. The molecule has 3 aromatic rings. The van der Waals surface area contributed by atoms with Gasteiger partial charge in [0.1, 0.15) is 17.7 Å². The molecule has 2 unspecified atom stereocenters. The fourth-order valence-corrected chi connectivity index (χ4v) is 4.67. The predicted molar refractivity (Wildman–Crippen MR) is 130 cm³/mol. The minimum atomic E-state index is -0.584. The Balaban J connectivity index is 1.50. The summed E-state index contributed by atoms with van der Waals surface area (Å²) >= 11 is 0. The number of piperidine rings is 1. The maximum atomic E-state index is 14.4. The number of benzene rings is 2. The van der Waals surface area contributed by atoms with E-state index in [2.05, 4.69) is 10.1 Å². The Hall–Kier alpha value is -3.32. The van der Waals surface area contributed by atoms with E-state index < -0.39 is 11.6 Å². The van der Waals surface area contributed by atoms with Gasteiger partial charge in [-0.3, -0.25) is 14.3 Å². The Morgan fingerprint density at radius 2 is 1.88 bits per heavy atom. The molecule has 1 saturated heterocycles. The molecule has 4 rings (SSSR count). The third kappa shape index (κ3) is 5.09.